The third-order valence-electron chi connectivity index (χ3n) is 6.67. The maximum atomic E-state index is 6.00. The van der Waals surface area contributed by atoms with Gasteiger partial charge in [0.05, 0.1) is 12.7 Å². The van der Waals surface area contributed by atoms with Crippen LogP contribution in [-0.4, -0.2) is 13.2 Å². The summed E-state index contributed by atoms with van der Waals surface area (Å²) >= 11 is 0. The van der Waals surface area contributed by atoms with Gasteiger partial charge < -0.3 is 9.47 Å². The molecular weight excluding hydrogens is 428 g/mol. The first-order chi connectivity index (χ1) is 17.2. The molecule has 3 rings (SSSR count). The van der Waals surface area contributed by atoms with Gasteiger partial charge in [-0.25, -0.2) is 0 Å². The van der Waals surface area contributed by atoms with E-state index >= 15 is 0 Å². The molecule has 0 aromatic heterocycles. The highest BCUT2D eigenvalue weighted by atomic mass is 16.5. The molecule has 0 N–H and O–H groups in total. The number of hydrogen-bond donors (Lipinski definition) is 0. The van der Waals surface area contributed by atoms with Crippen molar-refractivity contribution in [3.8, 4) is 28.0 Å². The number of ether oxygens (including phenoxy) is 2. The largest absolute Gasteiger partial charge is 0.494 e. The van der Waals surface area contributed by atoms with Crippen LogP contribution in [0.1, 0.15) is 90.2 Å². The van der Waals surface area contributed by atoms with Crippen molar-refractivity contribution in [3.05, 3.63) is 78.4 Å². The number of unbranched alkanes of at least 4 members (excludes halogenated alkanes) is 7. The van der Waals surface area contributed by atoms with Gasteiger partial charge in [0.1, 0.15) is 5.75 Å². The third-order valence-corrected chi connectivity index (χ3v) is 6.67. The first kappa shape index (κ1) is 27.0. The van der Waals surface area contributed by atoms with Crippen LogP contribution in [0.4, 0.5) is 0 Å². The third kappa shape index (κ3) is 8.85. The first-order valence-electron chi connectivity index (χ1n) is 13.8. The van der Waals surface area contributed by atoms with E-state index in [0.717, 1.165) is 38.2 Å². The Bertz CT molecular complexity index is 959. The van der Waals surface area contributed by atoms with Crippen LogP contribution in [0, 0.1) is 0 Å². The lowest BCUT2D eigenvalue weighted by Gasteiger charge is -2.15. The molecule has 1 unspecified atom stereocenters. The molecule has 0 heterocycles. The quantitative estimate of drug-likeness (QED) is 0.193. The highest BCUT2D eigenvalue weighted by molar-refractivity contribution is 5.83. The summed E-state index contributed by atoms with van der Waals surface area (Å²) in [6, 6.07) is 26.0. The van der Waals surface area contributed by atoms with Crippen LogP contribution >= 0.6 is 0 Å². The Morgan fingerprint density at radius 3 is 1.71 bits per heavy atom. The van der Waals surface area contributed by atoms with Gasteiger partial charge in [-0.05, 0) is 59.7 Å². The van der Waals surface area contributed by atoms with Crippen LogP contribution in [0.2, 0.25) is 0 Å². The molecule has 35 heavy (non-hydrogen) atoms. The molecule has 0 aliphatic rings. The Hall–Kier alpha value is -2.58. The van der Waals surface area contributed by atoms with Crippen LogP contribution < -0.4 is 4.74 Å². The van der Waals surface area contributed by atoms with Gasteiger partial charge in [0.15, 0.2) is 0 Å². The van der Waals surface area contributed by atoms with Crippen LogP contribution in [-0.2, 0) is 4.74 Å². The zero-order valence-electron chi connectivity index (χ0n) is 22.1. The lowest BCUT2D eigenvalue weighted by atomic mass is 9.94. The normalized spacial score (nSPS) is 12.0. The molecule has 0 fully saturated rings. The number of rotatable bonds is 16. The lowest BCUT2D eigenvalue weighted by Crippen LogP contribution is -2.01. The molecule has 0 saturated heterocycles. The average Bonchev–Trinajstić information content (AvgIpc) is 2.91. The van der Waals surface area contributed by atoms with Crippen molar-refractivity contribution in [2.45, 2.75) is 84.7 Å². The molecule has 188 valence electrons. The van der Waals surface area contributed by atoms with E-state index in [1.165, 1.54) is 66.3 Å². The van der Waals surface area contributed by atoms with E-state index in [1.807, 2.05) is 0 Å². The molecular formula is C33H44O2. The molecule has 0 spiro atoms. The molecule has 0 saturated carbocycles. The maximum Gasteiger partial charge on any atom is 0.119 e. The lowest BCUT2D eigenvalue weighted by molar-refractivity contribution is 0.0637. The Morgan fingerprint density at radius 1 is 0.571 bits per heavy atom. The minimum absolute atomic E-state index is 0.124. The van der Waals surface area contributed by atoms with Gasteiger partial charge in [0, 0.05) is 6.61 Å². The number of hydrogen-bond acceptors (Lipinski definition) is 2. The second kappa shape index (κ2) is 15.4. The highest BCUT2D eigenvalue weighted by Crippen LogP contribution is 2.33. The van der Waals surface area contributed by atoms with Crippen molar-refractivity contribution < 1.29 is 9.47 Å². The Balaban J connectivity index is 1.57. The van der Waals surface area contributed by atoms with Gasteiger partial charge in [-0.15, -0.1) is 0 Å². The topological polar surface area (TPSA) is 18.5 Å². The van der Waals surface area contributed by atoms with Gasteiger partial charge >= 0.3 is 0 Å². The standard InChI is InChI=1S/C33H44O2/c1-4-6-8-9-10-11-14-26-35-31-23-21-30(22-24-31)33-16-13-12-15-32(33)29-19-17-28(18-20-29)27(3)34-25-7-5-2/h12-13,15-24,27H,4-11,14,25-26H2,1-3H3. The van der Waals surface area contributed by atoms with Crippen molar-refractivity contribution in [2.24, 2.45) is 0 Å². The molecule has 3 aromatic rings. The Labute approximate surface area is 213 Å². The van der Waals surface area contributed by atoms with Crippen molar-refractivity contribution in [2.75, 3.05) is 13.2 Å². The molecule has 2 nitrogen and oxygen atoms in total. The van der Waals surface area contributed by atoms with Gasteiger partial charge in [-0.3, -0.25) is 0 Å². The summed E-state index contributed by atoms with van der Waals surface area (Å²) < 4.78 is 12.0. The summed E-state index contributed by atoms with van der Waals surface area (Å²) in [6.07, 6.45) is 11.5. The van der Waals surface area contributed by atoms with E-state index in [4.69, 9.17) is 9.47 Å². The molecule has 1 atom stereocenters. The predicted octanol–water partition coefficient (Wildman–Crippen LogP) is 10.0. The SMILES string of the molecule is CCCCCCCCCOc1ccc(-c2ccccc2-c2ccc(C(C)OCCCC)cc2)cc1. The second-order valence-electron chi connectivity index (χ2n) is 9.53. The fraction of sp³-hybridized carbons (Fsp3) is 0.455. The van der Waals surface area contributed by atoms with Gasteiger partial charge in [-0.2, -0.15) is 0 Å². The van der Waals surface area contributed by atoms with Crippen molar-refractivity contribution in [1.82, 2.24) is 0 Å². The van der Waals surface area contributed by atoms with E-state index in [1.54, 1.807) is 0 Å². The number of benzene rings is 3. The Kier molecular flexibility index (Phi) is 11.9. The first-order valence-corrected chi connectivity index (χ1v) is 13.8. The second-order valence-corrected chi connectivity index (χ2v) is 9.53. The summed E-state index contributed by atoms with van der Waals surface area (Å²) in [4.78, 5) is 0. The summed E-state index contributed by atoms with van der Waals surface area (Å²) in [7, 11) is 0. The zero-order valence-corrected chi connectivity index (χ0v) is 22.1. The molecule has 3 aromatic carbocycles. The average molecular weight is 473 g/mol. The molecule has 0 amide bonds. The van der Waals surface area contributed by atoms with E-state index in [0.29, 0.717) is 0 Å². The zero-order chi connectivity index (χ0) is 24.7. The van der Waals surface area contributed by atoms with Crippen LogP contribution in [0.15, 0.2) is 72.8 Å². The molecule has 0 aliphatic carbocycles. The van der Waals surface area contributed by atoms with E-state index in [-0.39, 0.29) is 6.10 Å². The van der Waals surface area contributed by atoms with Crippen molar-refractivity contribution >= 4 is 0 Å². The van der Waals surface area contributed by atoms with Gasteiger partial charge in [-0.1, -0.05) is 119 Å². The molecule has 0 aliphatic heterocycles. The van der Waals surface area contributed by atoms with E-state index in [9.17, 15) is 0 Å². The monoisotopic (exact) mass is 472 g/mol. The molecule has 2 heteroatoms. The fourth-order valence-corrected chi connectivity index (χ4v) is 4.40. The molecule has 0 bridgehead atoms. The van der Waals surface area contributed by atoms with Crippen LogP contribution in [0.3, 0.4) is 0 Å². The summed E-state index contributed by atoms with van der Waals surface area (Å²) in [5, 5.41) is 0. The van der Waals surface area contributed by atoms with Crippen molar-refractivity contribution in [3.63, 3.8) is 0 Å². The smallest absolute Gasteiger partial charge is 0.119 e. The van der Waals surface area contributed by atoms with Crippen molar-refractivity contribution in [1.29, 1.82) is 0 Å². The van der Waals surface area contributed by atoms with E-state index in [2.05, 4.69) is 93.6 Å². The van der Waals surface area contributed by atoms with Gasteiger partial charge in [0.2, 0.25) is 0 Å². The van der Waals surface area contributed by atoms with Gasteiger partial charge in [0.25, 0.3) is 0 Å². The minimum atomic E-state index is 0.124. The fourth-order valence-electron chi connectivity index (χ4n) is 4.40. The van der Waals surface area contributed by atoms with Crippen LogP contribution in [0.25, 0.3) is 22.3 Å². The summed E-state index contributed by atoms with van der Waals surface area (Å²) in [5.74, 6) is 0.957. The molecule has 0 radical (unpaired) electrons. The Morgan fingerprint density at radius 2 is 1.11 bits per heavy atom. The maximum absolute atomic E-state index is 6.00. The van der Waals surface area contributed by atoms with E-state index < -0.39 is 0 Å². The minimum Gasteiger partial charge on any atom is -0.494 e. The summed E-state index contributed by atoms with van der Waals surface area (Å²) in [5.41, 5.74) is 6.15. The summed E-state index contributed by atoms with van der Waals surface area (Å²) in [6.45, 7) is 8.22. The highest BCUT2D eigenvalue weighted by Gasteiger charge is 2.10. The predicted molar refractivity (Wildman–Crippen MR) is 150 cm³/mol. The van der Waals surface area contributed by atoms with Crippen LogP contribution in [0.5, 0.6) is 5.75 Å².